The minimum Gasteiger partial charge on any atom is -0.481 e. The van der Waals surface area contributed by atoms with E-state index >= 15 is 0 Å². The fourth-order valence-electron chi connectivity index (χ4n) is 3.21. The number of aliphatic carboxylic acids is 1. The molecule has 0 unspecified atom stereocenters. The number of amides is 1. The number of carboxylic acid groups (broad SMARTS) is 1. The zero-order valence-electron chi connectivity index (χ0n) is 11.4. The van der Waals surface area contributed by atoms with Crippen LogP contribution in [-0.2, 0) is 14.4 Å². The van der Waals surface area contributed by atoms with Crippen molar-refractivity contribution in [3.8, 4) is 0 Å². The van der Waals surface area contributed by atoms with Crippen LogP contribution >= 0.6 is 0 Å². The van der Waals surface area contributed by atoms with Gasteiger partial charge in [0.2, 0.25) is 5.91 Å². The summed E-state index contributed by atoms with van der Waals surface area (Å²) in [5, 5.41) is 11.9. The smallest absolute Gasteiger partial charge is 0.303 e. The topological polar surface area (TPSA) is 86.7 Å². The van der Waals surface area contributed by atoms with Crippen molar-refractivity contribution in [1.82, 2.24) is 10.2 Å². The van der Waals surface area contributed by atoms with Crippen LogP contribution < -0.4 is 5.32 Å². The lowest BCUT2D eigenvalue weighted by molar-refractivity contribution is -0.156. The molecule has 2 aliphatic heterocycles. The average molecular weight is 268 g/mol. The van der Waals surface area contributed by atoms with E-state index in [2.05, 4.69) is 5.32 Å². The maximum Gasteiger partial charge on any atom is 0.303 e. The number of carbonyl (C=O) groups is 3. The largest absolute Gasteiger partial charge is 0.481 e. The Hall–Kier alpha value is -1.43. The lowest BCUT2D eigenvalue weighted by atomic mass is 9.65. The molecule has 2 rings (SSSR count). The highest BCUT2D eigenvalue weighted by Crippen LogP contribution is 2.39. The minimum absolute atomic E-state index is 0.00309. The van der Waals surface area contributed by atoms with Crippen LogP contribution in [-0.4, -0.2) is 53.8 Å². The van der Waals surface area contributed by atoms with E-state index < -0.39 is 16.8 Å². The Balaban J connectivity index is 2.11. The molecule has 0 radical (unpaired) electrons. The van der Waals surface area contributed by atoms with E-state index in [1.807, 2.05) is 13.8 Å². The molecular formula is C13H20N2O4. The predicted octanol–water partition coefficient (Wildman–Crippen LogP) is -0.122. The van der Waals surface area contributed by atoms with Crippen LogP contribution in [0.15, 0.2) is 0 Å². The van der Waals surface area contributed by atoms with Gasteiger partial charge in [0.05, 0.1) is 17.3 Å². The van der Waals surface area contributed by atoms with Gasteiger partial charge >= 0.3 is 5.97 Å². The molecule has 0 aliphatic carbocycles. The van der Waals surface area contributed by atoms with Crippen LogP contribution in [0.3, 0.4) is 0 Å². The fourth-order valence-corrected chi connectivity index (χ4v) is 3.21. The molecule has 0 aromatic heterocycles. The third-order valence-corrected chi connectivity index (χ3v) is 4.11. The summed E-state index contributed by atoms with van der Waals surface area (Å²) in [6.45, 7) is 5.65. The van der Waals surface area contributed by atoms with Gasteiger partial charge in [0, 0.05) is 32.6 Å². The number of nitrogens with zero attached hydrogens (tertiary/aromatic N) is 1. The van der Waals surface area contributed by atoms with E-state index in [0.717, 1.165) is 0 Å². The molecular weight excluding hydrogens is 248 g/mol. The molecule has 106 valence electrons. The van der Waals surface area contributed by atoms with Crippen LogP contribution in [0.25, 0.3) is 0 Å². The van der Waals surface area contributed by atoms with Gasteiger partial charge in [-0.05, 0) is 13.8 Å². The maximum atomic E-state index is 12.4. The number of carboxylic acids is 1. The highest BCUT2D eigenvalue weighted by Gasteiger charge is 2.54. The number of hydrogen-bond acceptors (Lipinski definition) is 4. The molecule has 2 saturated heterocycles. The first kappa shape index (κ1) is 14.0. The van der Waals surface area contributed by atoms with Crippen LogP contribution in [0, 0.1) is 10.8 Å². The fraction of sp³-hybridized carbons (Fsp3) is 0.769. The number of carbonyl (C=O) groups excluding carboxylic acids is 2. The van der Waals surface area contributed by atoms with E-state index in [-0.39, 0.29) is 24.5 Å². The van der Waals surface area contributed by atoms with Gasteiger partial charge in [-0.2, -0.15) is 0 Å². The van der Waals surface area contributed by atoms with Gasteiger partial charge in [0.25, 0.3) is 0 Å². The lowest BCUT2D eigenvalue weighted by Crippen LogP contribution is -2.68. The third-order valence-electron chi connectivity index (χ3n) is 4.11. The molecule has 2 N–H and O–H groups in total. The number of nitrogens with one attached hydrogen (secondary N) is 1. The van der Waals surface area contributed by atoms with Crippen LogP contribution in [0.1, 0.15) is 26.7 Å². The summed E-state index contributed by atoms with van der Waals surface area (Å²) in [4.78, 5) is 36.7. The molecule has 2 fully saturated rings. The summed E-state index contributed by atoms with van der Waals surface area (Å²) in [5.41, 5.74) is -1.10. The van der Waals surface area contributed by atoms with E-state index in [4.69, 9.17) is 5.11 Å². The van der Waals surface area contributed by atoms with Crippen molar-refractivity contribution >= 4 is 17.7 Å². The van der Waals surface area contributed by atoms with Crippen molar-refractivity contribution in [1.29, 1.82) is 0 Å². The third kappa shape index (κ3) is 2.49. The minimum atomic E-state index is -0.972. The Bertz CT molecular complexity index is 414. The van der Waals surface area contributed by atoms with Crippen molar-refractivity contribution < 1.29 is 19.5 Å². The van der Waals surface area contributed by atoms with E-state index in [1.54, 1.807) is 4.90 Å². The van der Waals surface area contributed by atoms with Gasteiger partial charge in [0.15, 0.2) is 5.78 Å². The van der Waals surface area contributed by atoms with Crippen molar-refractivity contribution in [2.75, 3.05) is 26.2 Å². The van der Waals surface area contributed by atoms with Crippen molar-refractivity contribution in [3.63, 3.8) is 0 Å². The first-order valence-electron chi connectivity index (χ1n) is 6.52. The van der Waals surface area contributed by atoms with Gasteiger partial charge in [-0.3, -0.25) is 14.4 Å². The van der Waals surface area contributed by atoms with Gasteiger partial charge in [-0.15, -0.1) is 0 Å². The van der Waals surface area contributed by atoms with Gasteiger partial charge in [-0.1, -0.05) is 0 Å². The van der Waals surface area contributed by atoms with Crippen molar-refractivity contribution in [2.45, 2.75) is 26.7 Å². The average Bonchev–Trinajstić information content (AvgIpc) is 2.30. The summed E-state index contributed by atoms with van der Waals surface area (Å²) >= 11 is 0. The number of Topliss-reactive ketones (excluding diaryl/α,β-unsaturated/α-hetero) is 1. The molecule has 2 bridgehead atoms. The van der Waals surface area contributed by atoms with Crippen molar-refractivity contribution in [2.24, 2.45) is 10.8 Å². The van der Waals surface area contributed by atoms with E-state index in [0.29, 0.717) is 26.2 Å². The molecule has 0 aromatic carbocycles. The number of piperidine rings is 2. The number of rotatable bonds is 3. The number of fused-ring (bicyclic) bond motifs is 2. The molecule has 0 saturated carbocycles. The molecule has 6 heteroatoms. The molecule has 2 aliphatic rings. The molecule has 2 heterocycles. The zero-order chi connectivity index (χ0) is 14.3. The Morgan fingerprint density at radius 3 is 2.21 bits per heavy atom. The van der Waals surface area contributed by atoms with Crippen LogP contribution in [0.2, 0.25) is 0 Å². The second-order valence-corrected chi connectivity index (χ2v) is 6.20. The van der Waals surface area contributed by atoms with Gasteiger partial charge in [-0.25, -0.2) is 0 Å². The highest BCUT2D eigenvalue weighted by atomic mass is 16.4. The molecule has 6 nitrogen and oxygen atoms in total. The highest BCUT2D eigenvalue weighted by molar-refractivity contribution is 5.94. The molecule has 2 atom stereocenters. The van der Waals surface area contributed by atoms with E-state index in [1.165, 1.54) is 0 Å². The maximum absolute atomic E-state index is 12.4. The van der Waals surface area contributed by atoms with Gasteiger partial charge in [0.1, 0.15) is 0 Å². The molecule has 0 aromatic rings. The predicted molar refractivity (Wildman–Crippen MR) is 67.5 cm³/mol. The summed E-state index contributed by atoms with van der Waals surface area (Å²) in [7, 11) is 0. The summed E-state index contributed by atoms with van der Waals surface area (Å²) in [5.74, 6) is -0.934. The normalized spacial score (nSPS) is 34.2. The van der Waals surface area contributed by atoms with Gasteiger partial charge < -0.3 is 15.3 Å². The van der Waals surface area contributed by atoms with E-state index in [9.17, 15) is 14.4 Å². The summed E-state index contributed by atoms with van der Waals surface area (Å²) < 4.78 is 0. The first-order chi connectivity index (χ1) is 8.77. The Labute approximate surface area is 112 Å². The Morgan fingerprint density at radius 2 is 1.74 bits per heavy atom. The number of hydrogen-bond donors (Lipinski definition) is 2. The first-order valence-corrected chi connectivity index (χ1v) is 6.52. The quantitative estimate of drug-likeness (QED) is 0.745. The zero-order valence-corrected chi connectivity index (χ0v) is 11.4. The molecule has 19 heavy (non-hydrogen) atoms. The number of likely N-dealkylation sites (tertiary alicyclic amines) is 1. The molecule has 1 amide bonds. The Kier molecular flexibility index (Phi) is 3.38. The van der Waals surface area contributed by atoms with Crippen molar-refractivity contribution in [3.05, 3.63) is 0 Å². The standard InChI is InChI=1S/C13H20N2O4/c1-12-5-14-6-13(2,11(12)19)8-15(7-12)9(16)3-4-10(17)18/h14H,3-8H2,1-2H3,(H,17,18)/t12-,13-/m1/s1. The second kappa shape index (κ2) is 4.59. The van der Waals surface area contributed by atoms with Crippen LogP contribution in [0.5, 0.6) is 0 Å². The summed E-state index contributed by atoms with van der Waals surface area (Å²) in [6.07, 6.45) is -0.155. The van der Waals surface area contributed by atoms with Crippen LogP contribution in [0.4, 0.5) is 0 Å². The molecule has 0 spiro atoms. The Morgan fingerprint density at radius 1 is 1.21 bits per heavy atom. The SMILES string of the molecule is C[C@@]12CNC[C@](C)(CN(C(=O)CCC(=O)O)C1)C2=O. The second-order valence-electron chi connectivity index (χ2n) is 6.20. The number of ketones is 1. The lowest BCUT2D eigenvalue weighted by Gasteiger charge is -2.52. The monoisotopic (exact) mass is 268 g/mol. The summed E-state index contributed by atoms with van der Waals surface area (Å²) in [6, 6.07) is 0.